The lowest BCUT2D eigenvalue weighted by atomic mass is 10.7. The summed E-state index contributed by atoms with van der Waals surface area (Å²) in [5.41, 5.74) is 0. The standard InChI is InChI=1S/C4H4ClNO/c5-3-1-2-4(7)6-3/h1-2,6-7H. The zero-order valence-electron chi connectivity index (χ0n) is 3.48. The van der Waals surface area contributed by atoms with Crippen LogP contribution in [-0.2, 0) is 0 Å². The Hall–Kier alpha value is -0.630. The van der Waals surface area contributed by atoms with E-state index in [9.17, 15) is 0 Å². The van der Waals surface area contributed by atoms with Gasteiger partial charge in [0.25, 0.3) is 0 Å². The lowest BCUT2D eigenvalue weighted by molar-refractivity contribution is 0.457. The molecule has 0 atom stereocenters. The van der Waals surface area contributed by atoms with Crippen molar-refractivity contribution in [1.29, 1.82) is 0 Å². The second kappa shape index (κ2) is 1.46. The molecule has 2 nitrogen and oxygen atoms in total. The van der Waals surface area contributed by atoms with Crippen LogP contribution in [0.4, 0.5) is 0 Å². The van der Waals surface area contributed by atoms with Crippen LogP contribution in [0.3, 0.4) is 0 Å². The molecule has 0 bridgehead atoms. The number of hydrogen-bond donors (Lipinski definition) is 2. The van der Waals surface area contributed by atoms with Crippen LogP contribution in [0.1, 0.15) is 0 Å². The molecule has 7 heavy (non-hydrogen) atoms. The first kappa shape index (κ1) is 4.53. The van der Waals surface area contributed by atoms with Gasteiger partial charge >= 0.3 is 0 Å². The van der Waals surface area contributed by atoms with Gasteiger partial charge in [-0.25, -0.2) is 0 Å². The largest absolute Gasteiger partial charge is 0.495 e. The van der Waals surface area contributed by atoms with Gasteiger partial charge in [0.2, 0.25) is 0 Å². The average molecular weight is 118 g/mol. The van der Waals surface area contributed by atoms with Gasteiger partial charge in [-0.3, -0.25) is 0 Å². The number of aromatic nitrogens is 1. The van der Waals surface area contributed by atoms with Crippen LogP contribution >= 0.6 is 11.6 Å². The highest BCUT2D eigenvalue weighted by Gasteiger charge is 1.87. The van der Waals surface area contributed by atoms with Gasteiger partial charge in [0.15, 0.2) is 5.88 Å². The summed E-state index contributed by atoms with van der Waals surface area (Å²) in [7, 11) is 0. The third-order valence-electron chi connectivity index (χ3n) is 0.635. The van der Waals surface area contributed by atoms with E-state index in [1.807, 2.05) is 0 Å². The van der Waals surface area contributed by atoms with Gasteiger partial charge < -0.3 is 10.1 Å². The smallest absolute Gasteiger partial charge is 0.189 e. The van der Waals surface area contributed by atoms with Crippen molar-refractivity contribution in [2.24, 2.45) is 0 Å². The molecular formula is C4H4ClNO. The van der Waals surface area contributed by atoms with E-state index in [0.29, 0.717) is 5.15 Å². The normalized spacial score (nSPS) is 9.29. The van der Waals surface area contributed by atoms with E-state index in [1.165, 1.54) is 6.07 Å². The van der Waals surface area contributed by atoms with Crippen molar-refractivity contribution in [1.82, 2.24) is 4.98 Å². The molecule has 0 saturated heterocycles. The minimum Gasteiger partial charge on any atom is -0.495 e. The number of aromatic hydroxyl groups is 1. The third-order valence-corrected chi connectivity index (χ3v) is 0.855. The minimum atomic E-state index is 0.102. The Morgan fingerprint density at radius 1 is 1.57 bits per heavy atom. The van der Waals surface area contributed by atoms with Crippen LogP contribution in [0, 0.1) is 0 Å². The van der Waals surface area contributed by atoms with Crippen LogP contribution in [0.25, 0.3) is 0 Å². The predicted molar refractivity (Wildman–Crippen MR) is 27.5 cm³/mol. The summed E-state index contributed by atoms with van der Waals surface area (Å²) in [6.07, 6.45) is 0. The Balaban J connectivity index is 3.04. The van der Waals surface area contributed by atoms with Gasteiger partial charge in [0, 0.05) is 6.07 Å². The molecule has 2 N–H and O–H groups in total. The first-order valence-electron chi connectivity index (χ1n) is 1.82. The maximum atomic E-state index is 8.51. The van der Waals surface area contributed by atoms with E-state index < -0.39 is 0 Å². The molecule has 0 spiro atoms. The third kappa shape index (κ3) is 0.871. The molecule has 0 radical (unpaired) electrons. The predicted octanol–water partition coefficient (Wildman–Crippen LogP) is 1.37. The number of aromatic amines is 1. The molecule has 3 heteroatoms. The fourth-order valence-corrected chi connectivity index (χ4v) is 0.518. The lowest BCUT2D eigenvalue weighted by Gasteiger charge is -1.75. The second-order valence-electron chi connectivity index (χ2n) is 1.19. The summed E-state index contributed by atoms with van der Waals surface area (Å²) >= 11 is 5.34. The molecule has 1 aromatic rings. The number of halogens is 1. The highest BCUT2D eigenvalue weighted by atomic mass is 35.5. The molecule has 0 aliphatic carbocycles. The SMILES string of the molecule is Oc1ccc(Cl)[nH]1. The Bertz CT molecular complexity index is 144. The van der Waals surface area contributed by atoms with Crippen molar-refractivity contribution >= 4 is 11.6 Å². The summed E-state index contributed by atoms with van der Waals surface area (Å²) < 4.78 is 0. The van der Waals surface area contributed by atoms with Gasteiger partial charge in [-0.05, 0) is 6.07 Å². The summed E-state index contributed by atoms with van der Waals surface area (Å²) in [6, 6.07) is 3.07. The number of nitrogens with one attached hydrogen (secondary N) is 1. The Morgan fingerprint density at radius 3 is 2.43 bits per heavy atom. The number of rotatable bonds is 0. The van der Waals surface area contributed by atoms with Crippen LogP contribution in [0.5, 0.6) is 5.88 Å². The van der Waals surface area contributed by atoms with Crippen LogP contribution < -0.4 is 0 Å². The lowest BCUT2D eigenvalue weighted by Crippen LogP contribution is -1.56. The molecule has 0 unspecified atom stereocenters. The van der Waals surface area contributed by atoms with E-state index in [0.717, 1.165) is 0 Å². The van der Waals surface area contributed by atoms with Crippen LogP contribution in [-0.4, -0.2) is 10.1 Å². The van der Waals surface area contributed by atoms with E-state index in [2.05, 4.69) is 4.98 Å². The average Bonchev–Trinajstić information content (AvgIpc) is 1.87. The second-order valence-corrected chi connectivity index (χ2v) is 1.60. The Labute approximate surface area is 45.7 Å². The van der Waals surface area contributed by atoms with E-state index in [4.69, 9.17) is 16.7 Å². The topological polar surface area (TPSA) is 36.0 Å². The molecule has 1 rings (SSSR count). The monoisotopic (exact) mass is 117 g/mol. The Morgan fingerprint density at radius 2 is 2.29 bits per heavy atom. The van der Waals surface area contributed by atoms with Crippen molar-refractivity contribution in [2.75, 3.05) is 0 Å². The van der Waals surface area contributed by atoms with Crippen molar-refractivity contribution in [3.63, 3.8) is 0 Å². The molecular weight excluding hydrogens is 114 g/mol. The van der Waals surface area contributed by atoms with E-state index in [-0.39, 0.29) is 5.88 Å². The van der Waals surface area contributed by atoms with Crippen molar-refractivity contribution in [3.8, 4) is 5.88 Å². The van der Waals surface area contributed by atoms with Crippen molar-refractivity contribution < 1.29 is 5.11 Å². The first-order chi connectivity index (χ1) is 3.29. The quantitative estimate of drug-likeness (QED) is 0.529. The summed E-state index contributed by atoms with van der Waals surface area (Å²) in [5.74, 6) is 0.102. The number of H-pyrrole nitrogens is 1. The molecule has 0 aromatic carbocycles. The van der Waals surface area contributed by atoms with Gasteiger partial charge in [0.1, 0.15) is 5.15 Å². The fraction of sp³-hybridized carbons (Fsp3) is 0. The zero-order valence-corrected chi connectivity index (χ0v) is 4.24. The van der Waals surface area contributed by atoms with Crippen molar-refractivity contribution in [3.05, 3.63) is 17.3 Å². The molecule has 0 saturated carbocycles. The molecule has 38 valence electrons. The maximum Gasteiger partial charge on any atom is 0.189 e. The highest BCUT2D eigenvalue weighted by molar-refractivity contribution is 6.29. The summed E-state index contributed by atoms with van der Waals surface area (Å²) in [4.78, 5) is 2.46. The maximum absolute atomic E-state index is 8.51. The van der Waals surface area contributed by atoms with E-state index >= 15 is 0 Å². The zero-order chi connectivity index (χ0) is 5.28. The van der Waals surface area contributed by atoms with E-state index in [1.54, 1.807) is 6.07 Å². The molecule has 1 heterocycles. The molecule has 0 amide bonds. The van der Waals surface area contributed by atoms with Gasteiger partial charge in [-0.2, -0.15) is 0 Å². The van der Waals surface area contributed by atoms with Gasteiger partial charge in [0.05, 0.1) is 0 Å². The summed E-state index contributed by atoms with van der Waals surface area (Å²) in [5, 5.41) is 8.97. The minimum absolute atomic E-state index is 0.102. The van der Waals surface area contributed by atoms with Crippen LogP contribution in [0.15, 0.2) is 12.1 Å². The Kier molecular flexibility index (Phi) is 0.947. The first-order valence-corrected chi connectivity index (χ1v) is 2.20. The van der Waals surface area contributed by atoms with Gasteiger partial charge in [-0.15, -0.1) is 0 Å². The van der Waals surface area contributed by atoms with Crippen LogP contribution in [0.2, 0.25) is 5.15 Å². The molecule has 0 aliphatic rings. The molecule has 0 aliphatic heterocycles. The van der Waals surface area contributed by atoms with Crippen molar-refractivity contribution in [2.45, 2.75) is 0 Å². The summed E-state index contributed by atoms with van der Waals surface area (Å²) in [6.45, 7) is 0. The van der Waals surface area contributed by atoms with Gasteiger partial charge in [-0.1, -0.05) is 11.6 Å². The molecule has 0 fully saturated rings. The fourth-order valence-electron chi connectivity index (χ4n) is 0.358. The highest BCUT2D eigenvalue weighted by Crippen LogP contribution is 2.10. The molecule has 1 aromatic heterocycles. The number of hydrogen-bond acceptors (Lipinski definition) is 1.